The van der Waals surface area contributed by atoms with Crippen molar-refractivity contribution in [3.8, 4) is 5.75 Å². The van der Waals surface area contributed by atoms with Crippen LogP contribution in [0.3, 0.4) is 0 Å². The van der Waals surface area contributed by atoms with Gasteiger partial charge in [0.25, 0.3) is 0 Å². The van der Waals surface area contributed by atoms with Crippen LogP contribution in [0.4, 0.5) is 0 Å². The van der Waals surface area contributed by atoms with Crippen LogP contribution >= 0.6 is 11.6 Å². The van der Waals surface area contributed by atoms with Gasteiger partial charge in [0.05, 0.1) is 6.61 Å². The molecule has 1 aliphatic heterocycles. The standard InChI is InChI=1S/C18H28ClNO/c1-14-7-6-9-20(13-14)8-4-5-10-21-18-15(2)11-17(19)12-16(18)3/h11-12,14H,4-10,13H2,1-3H3/t14-/m0/s1. The second kappa shape index (κ2) is 8.05. The van der Waals surface area contributed by atoms with Crippen molar-refractivity contribution in [2.24, 2.45) is 5.92 Å². The lowest BCUT2D eigenvalue weighted by Gasteiger charge is -2.30. The number of likely N-dealkylation sites (tertiary alicyclic amines) is 1. The molecule has 0 aromatic heterocycles. The number of ether oxygens (including phenoxy) is 1. The molecule has 0 unspecified atom stereocenters. The average molecular weight is 310 g/mol. The van der Waals surface area contributed by atoms with Crippen molar-refractivity contribution in [3.63, 3.8) is 0 Å². The molecule has 1 aliphatic rings. The van der Waals surface area contributed by atoms with Crippen LogP contribution in [0, 0.1) is 19.8 Å². The number of nitrogens with zero attached hydrogens (tertiary/aromatic N) is 1. The lowest BCUT2D eigenvalue weighted by atomic mass is 10.0. The first-order valence-corrected chi connectivity index (χ1v) is 8.56. The monoisotopic (exact) mass is 309 g/mol. The van der Waals surface area contributed by atoms with Crippen molar-refractivity contribution in [1.82, 2.24) is 4.90 Å². The zero-order valence-electron chi connectivity index (χ0n) is 13.6. The maximum atomic E-state index is 6.04. The van der Waals surface area contributed by atoms with Gasteiger partial charge >= 0.3 is 0 Å². The van der Waals surface area contributed by atoms with E-state index in [0.29, 0.717) is 0 Å². The van der Waals surface area contributed by atoms with Gasteiger partial charge < -0.3 is 9.64 Å². The predicted octanol–water partition coefficient (Wildman–Crippen LogP) is 4.85. The molecular formula is C18H28ClNO. The molecule has 1 aromatic rings. The fourth-order valence-electron chi connectivity index (χ4n) is 3.23. The Labute approximate surface area is 134 Å². The van der Waals surface area contributed by atoms with E-state index in [-0.39, 0.29) is 0 Å². The maximum absolute atomic E-state index is 6.04. The van der Waals surface area contributed by atoms with Gasteiger partial charge in [-0.1, -0.05) is 18.5 Å². The molecular weight excluding hydrogens is 282 g/mol. The van der Waals surface area contributed by atoms with Gasteiger partial charge in [-0.2, -0.15) is 0 Å². The zero-order chi connectivity index (χ0) is 15.2. The lowest BCUT2D eigenvalue weighted by Crippen LogP contribution is -2.35. The van der Waals surface area contributed by atoms with E-state index in [1.54, 1.807) is 0 Å². The van der Waals surface area contributed by atoms with E-state index in [9.17, 15) is 0 Å². The minimum absolute atomic E-state index is 0.788. The Morgan fingerprint density at radius 2 is 1.95 bits per heavy atom. The Bertz CT molecular complexity index is 438. The molecule has 21 heavy (non-hydrogen) atoms. The summed E-state index contributed by atoms with van der Waals surface area (Å²) in [6.07, 6.45) is 5.10. The average Bonchev–Trinajstić information content (AvgIpc) is 2.41. The molecule has 0 saturated carbocycles. The Hall–Kier alpha value is -0.730. The summed E-state index contributed by atoms with van der Waals surface area (Å²) in [7, 11) is 0. The van der Waals surface area contributed by atoms with Crippen LogP contribution in [0.15, 0.2) is 12.1 Å². The van der Waals surface area contributed by atoms with Gasteiger partial charge in [-0.15, -0.1) is 0 Å². The highest BCUT2D eigenvalue weighted by atomic mass is 35.5. The van der Waals surface area contributed by atoms with Crippen LogP contribution in [0.1, 0.15) is 43.7 Å². The lowest BCUT2D eigenvalue weighted by molar-refractivity contribution is 0.176. The van der Waals surface area contributed by atoms with E-state index < -0.39 is 0 Å². The van der Waals surface area contributed by atoms with Gasteiger partial charge in [0.1, 0.15) is 5.75 Å². The number of halogens is 1. The predicted molar refractivity (Wildman–Crippen MR) is 90.5 cm³/mol. The molecule has 1 fully saturated rings. The van der Waals surface area contributed by atoms with Gasteiger partial charge in [0, 0.05) is 11.6 Å². The summed E-state index contributed by atoms with van der Waals surface area (Å²) in [5, 5.41) is 0.788. The van der Waals surface area contributed by atoms with Crippen LogP contribution in [0.5, 0.6) is 5.75 Å². The highest BCUT2D eigenvalue weighted by Crippen LogP contribution is 2.27. The van der Waals surface area contributed by atoms with Crippen molar-refractivity contribution in [2.75, 3.05) is 26.2 Å². The SMILES string of the molecule is Cc1cc(Cl)cc(C)c1OCCCCN1CCC[C@H](C)C1. The Kier molecular flexibility index (Phi) is 6.38. The van der Waals surface area contributed by atoms with Gasteiger partial charge in [0.2, 0.25) is 0 Å². The van der Waals surface area contributed by atoms with Gasteiger partial charge in [-0.05, 0) is 81.8 Å². The molecule has 0 N–H and O–H groups in total. The van der Waals surface area contributed by atoms with Gasteiger partial charge in [0.15, 0.2) is 0 Å². The summed E-state index contributed by atoms with van der Waals surface area (Å²) in [4.78, 5) is 2.60. The number of rotatable bonds is 6. The fraction of sp³-hybridized carbons (Fsp3) is 0.667. The topological polar surface area (TPSA) is 12.5 Å². The van der Waals surface area contributed by atoms with Crippen molar-refractivity contribution in [3.05, 3.63) is 28.3 Å². The van der Waals surface area contributed by atoms with Crippen LogP contribution in [-0.4, -0.2) is 31.1 Å². The molecule has 0 spiro atoms. The third kappa shape index (κ3) is 5.19. The molecule has 0 radical (unpaired) electrons. The largest absolute Gasteiger partial charge is 0.493 e. The second-order valence-corrected chi connectivity index (χ2v) is 6.91. The van der Waals surface area contributed by atoms with Crippen molar-refractivity contribution in [1.29, 1.82) is 0 Å². The van der Waals surface area contributed by atoms with Crippen LogP contribution < -0.4 is 4.74 Å². The minimum atomic E-state index is 0.788. The molecule has 3 heteroatoms. The molecule has 118 valence electrons. The number of benzene rings is 1. The van der Waals surface area contributed by atoms with Crippen LogP contribution in [0.2, 0.25) is 5.02 Å². The summed E-state index contributed by atoms with van der Waals surface area (Å²) in [6.45, 7) is 11.0. The van der Waals surface area contributed by atoms with Crippen molar-refractivity contribution < 1.29 is 4.74 Å². The molecule has 0 bridgehead atoms. The normalized spacial score (nSPS) is 19.7. The first kappa shape index (κ1) is 16.6. The molecule has 1 heterocycles. The summed E-state index contributed by atoms with van der Waals surface area (Å²) >= 11 is 6.04. The molecule has 1 aromatic carbocycles. The second-order valence-electron chi connectivity index (χ2n) is 6.47. The van der Waals surface area contributed by atoms with Crippen molar-refractivity contribution in [2.45, 2.75) is 46.5 Å². The van der Waals surface area contributed by atoms with Gasteiger partial charge in [-0.25, -0.2) is 0 Å². The summed E-state index contributed by atoms with van der Waals surface area (Å²) in [5.74, 6) is 1.88. The van der Waals surface area contributed by atoms with Gasteiger partial charge in [-0.3, -0.25) is 0 Å². The minimum Gasteiger partial charge on any atom is -0.493 e. The van der Waals surface area contributed by atoms with E-state index in [4.69, 9.17) is 16.3 Å². The number of hydrogen-bond acceptors (Lipinski definition) is 2. The molecule has 1 atom stereocenters. The third-order valence-electron chi connectivity index (χ3n) is 4.28. The highest BCUT2D eigenvalue weighted by molar-refractivity contribution is 6.30. The van der Waals surface area contributed by atoms with Crippen LogP contribution in [-0.2, 0) is 0 Å². The molecule has 2 rings (SSSR count). The Morgan fingerprint density at radius 1 is 1.24 bits per heavy atom. The Morgan fingerprint density at radius 3 is 2.62 bits per heavy atom. The maximum Gasteiger partial charge on any atom is 0.125 e. The Balaban J connectivity index is 1.68. The molecule has 0 amide bonds. The third-order valence-corrected chi connectivity index (χ3v) is 4.50. The number of piperidine rings is 1. The quantitative estimate of drug-likeness (QED) is 0.697. The highest BCUT2D eigenvalue weighted by Gasteiger charge is 2.15. The van der Waals surface area contributed by atoms with Crippen LogP contribution in [0.25, 0.3) is 0 Å². The summed E-state index contributed by atoms with van der Waals surface area (Å²) < 4.78 is 5.96. The van der Waals surface area contributed by atoms with Crippen molar-refractivity contribution >= 4 is 11.6 Å². The van der Waals surface area contributed by atoms with E-state index in [1.807, 2.05) is 12.1 Å². The fourth-order valence-corrected chi connectivity index (χ4v) is 3.55. The summed E-state index contributed by atoms with van der Waals surface area (Å²) in [5.41, 5.74) is 2.26. The number of hydrogen-bond donors (Lipinski definition) is 0. The zero-order valence-corrected chi connectivity index (χ0v) is 14.4. The number of aryl methyl sites for hydroxylation is 2. The smallest absolute Gasteiger partial charge is 0.125 e. The van der Waals surface area contributed by atoms with E-state index in [1.165, 1.54) is 38.9 Å². The molecule has 2 nitrogen and oxygen atoms in total. The molecule has 0 aliphatic carbocycles. The first-order valence-electron chi connectivity index (χ1n) is 8.18. The van der Waals surface area contributed by atoms with E-state index in [0.717, 1.165) is 40.8 Å². The summed E-state index contributed by atoms with van der Waals surface area (Å²) in [6, 6.07) is 3.94. The van der Waals surface area contributed by atoms with E-state index >= 15 is 0 Å². The molecule has 1 saturated heterocycles. The van der Waals surface area contributed by atoms with E-state index in [2.05, 4.69) is 25.7 Å². The number of unbranched alkanes of at least 4 members (excludes halogenated alkanes) is 1. The first-order chi connectivity index (χ1) is 10.1.